The second-order valence-corrected chi connectivity index (χ2v) is 4.80. The lowest BCUT2D eigenvalue weighted by atomic mass is 10.4. The van der Waals surface area contributed by atoms with Gasteiger partial charge in [0.15, 0.2) is 5.75 Å². The minimum atomic E-state index is 0.445. The molecule has 4 nitrogen and oxygen atoms in total. The van der Waals surface area contributed by atoms with Crippen molar-refractivity contribution < 1.29 is 4.74 Å². The molecular formula is C10H13N3OS. The highest BCUT2D eigenvalue weighted by Crippen LogP contribution is 2.45. The Labute approximate surface area is 92.7 Å². The molecule has 0 aliphatic heterocycles. The van der Waals surface area contributed by atoms with Crippen molar-refractivity contribution in [2.45, 2.75) is 19.4 Å². The van der Waals surface area contributed by atoms with Gasteiger partial charge in [-0.15, -0.1) is 11.3 Å². The predicted octanol–water partition coefficient (Wildman–Crippen LogP) is 2.03. The van der Waals surface area contributed by atoms with E-state index in [1.54, 1.807) is 7.11 Å². The number of anilines is 2. The summed E-state index contributed by atoms with van der Waals surface area (Å²) in [7, 11) is 1.57. The van der Waals surface area contributed by atoms with E-state index in [0.29, 0.717) is 28.3 Å². The molecule has 15 heavy (non-hydrogen) atoms. The Kier molecular flexibility index (Phi) is 2.45. The molecule has 0 spiro atoms. The Hall–Kier alpha value is -1.41. The number of nitriles is 1. The van der Waals surface area contributed by atoms with Gasteiger partial charge in [0.25, 0.3) is 0 Å². The van der Waals surface area contributed by atoms with E-state index in [4.69, 9.17) is 15.7 Å². The van der Waals surface area contributed by atoms with E-state index in [0.717, 1.165) is 5.00 Å². The van der Waals surface area contributed by atoms with Crippen LogP contribution in [0.2, 0.25) is 0 Å². The van der Waals surface area contributed by atoms with Crippen LogP contribution in [0, 0.1) is 17.2 Å². The SMILES string of the molecule is COc1c(NC2CC2C)sc(C#N)c1N. The summed E-state index contributed by atoms with van der Waals surface area (Å²) < 4.78 is 5.19. The number of nitrogen functional groups attached to an aromatic ring is 1. The summed E-state index contributed by atoms with van der Waals surface area (Å²) in [6, 6.07) is 2.57. The second-order valence-electron chi connectivity index (χ2n) is 3.78. The molecule has 2 unspecified atom stereocenters. The average Bonchev–Trinajstić information content (AvgIpc) is 2.80. The molecule has 0 saturated heterocycles. The molecule has 2 atom stereocenters. The molecule has 1 heterocycles. The highest BCUT2D eigenvalue weighted by Gasteiger charge is 2.34. The molecule has 5 heteroatoms. The lowest BCUT2D eigenvalue weighted by molar-refractivity contribution is 0.420. The van der Waals surface area contributed by atoms with Crippen LogP contribution in [-0.2, 0) is 0 Å². The van der Waals surface area contributed by atoms with Gasteiger partial charge in [-0.25, -0.2) is 0 Å². The van der Waals surface area contributed by atoms with Crippen molar-refractivity contribution in [2.24, 2.45) is 5.92 Å². The molecule has 1 aromatic heterocycles. The maximum Gasteiger partial charge on any atom is 0.177 e. The number of thiophene rings is 1. The van der Waals surface area contributed by atoms with Crippen molar-refractivity contribution in [3.05, 3.63) is 4.88 Å². The van der Waals surface area contributed by atoms with Crippen LogP contribution >= 0.6 is 11.3 Å². The minimum Gasteiger partial charge on any atom is -0.492 e. The molecule has 0 aromatic carbocycles. The number of hydrogen-bond acceptors (Lipinski definition) is 5. The number of hydrogen-bond donors (Lipinski definition) is 2. The molecule has 0 amide bonds. The Morgan fingerprint density at radius 2 is 2.33 bits per heavy atom. The molecule has 1 fully saturated rings. The van der Waals surface area contributed by atoms with Gasteiger partial charge in [-0.05, 0) is 12.3 Å². The molecule has 1 aliphatic carbocycles. The first-order valence-electron chi connectivity index (χ1n) is 4.80. The second kappa shape index (κ2) is 3.63. The quantitative estimate of drug-likeness (QED) is 0.822. The first-order valence-corrected chi connectivity index (χ1v) is 5.62. The van der Waals surface area contributed by atoms with Gasteiger partial charge in [0.1, 0.15) is 21.6 Å². The van der Waals surface area contributed by atoms with E-state index in [2.05, 4.69) is 18.3 Å². The van der Waals surface area contributed by atoms with Crippen LogP contribution in [0.3, 0.4) is 0 Å². The Bertz CT molecular complexity index is 421. The predicted molar refractivity (Wildman–Crippen MR) is 61.2 cm³/mol. The van der Waals surface area contributed by atoms with Crippen molar-refractivity contribution in [3.63, 3.8) is 0 Å². The number of methoxy groups -OCH3 is 1. The number of ether oxygens (including phenoxy) is 1. The van der Waals surface area contributed by atoms with Crippen molar-refractivity contribution in [3.8, 4) is 11.8 Å². The summed E-state index contributed by atoms with van der Waals surface area (Å²) in [5, 5.41) is 13.1. The fourth-order valence-electron chi connectivity index (χ4n) is 1.50. The average molecular weight is 223 g/mol. The Morgan fingerprint density at radius 1 is 1.67 bits per heavy atom. The summed E-state index contributed by atoms with van der Waals surface area (Å²) in [5.41, 5.74) is 6.22. The van der Waals surface area contributed by atoms with Crippen LogP contribution in [-0.4, -0.2) is 13.2 Å². The molecule has 0 bridgehead atoms. The zero-order valence-electron chi connectivity index (χ0n) is 8.70. The van der Waals surface area contributed by atoms with E-state index in [9.17, 15) is 0 Å². The highest BCUT2D eigenvalue weighted by atomic mass is 32.1. The topological polar surface area (TPSA) is 71.1 Å². The number of nitrogens with one attached hydrogen (secondary N) is 1. The maximum atomic E-state index is 8.85. The fourth-order valence-corrected chi connectivity index (χ4v) is 2.45. The van der Waals surface area contributed by atoms with Gasteiger partial charge in [0.05, 0.1) is 7.11 Å². The summed E-state index contributed by atoms with van der Waals surface area (Å²) in [4.78, 5) is 0.516. The van der Waals surface area contributed by atoms with Crippen molar-refractivity contribution >= 4 is 22.0 Å². The lowest BCUT2D eigenvalue weighted by Gasteiger charge is -2.05. The van der Waals surface area contributed by atoms with Crippen LogP contribution in [0.1, 0.15) is 18.2 Å². The number of nitrogens with zero attached hydrogens (tertiary/aromatic N) is 1. The van der Waals surface area contributed by atoms with Crippen molar-refractivity contribution in [2.75, 3.05) is 18.2 Å². The van der Waals surface area contributed by atoms with E-state index >= 15 is 0 Å². The monoisotopic (exact) mass is 223 g/mol. The largest absolute Gasteiger partial charge is 0.492 e. The first kappa shape index (κ1) is 10.1. The van der Waals surface area contributed by atoms with Gasteiger partial charge in [0, 0.05) is 6.04 Å². The summed E-state index contributed by atoms with van der Waals surface area (Å²) in [6.45, 7) is 2.19. The van der Waals surface area contributed by atoms with E-state index in [1.807, 2.05) is 0 Å². The summed E-state index contributed by atoms with van der Waals surface area (Å²) >= 11 is 1.36. The van der Waals surface area contributed by atoms with Gasteiger partial charge in [-0.1, -0.05) is 6.92 Å². The van der Waals surface area contributed by atoms with Gasteiger partial charge in [0.2, 0.25) is 0 Å². The molecule has 1 aromatic rings. The van der Waals surface area contributed by atoms with Gasteiger partial charge >= 0.3 is 0 Å². The van der Waals surface area contributed by atoms with Crippen LogP contribution < -0.4 is 15.8 Å². The van der Waals surface area contributed by atoms with Crippen molar-refractivity contribution in [1.29, 1.82) is 5.26 Å². The normalized spacial score (nSPS) is 23.3. The third-order valence-electron chi connectivity index (χ3n) is 2.63. The standard InChI is InChI=1S/C10H13N3OS/c1-5-3-6(5)13-10-9(14-2)8(12)7(4-11)15-10/h5-6,13H,3,12H2,1-2H3. The number of nitrogens with two attached hydrogens (primary N) is 1. The molecule has 2 rings (SSSR count). The summed E-state index contributed by atoms with van der Waals surface area (Å²) in [6.07, 6.45) is 1.17. The molecule has 0 radical (unpaired) electrons. The van der Waals surface area contributed by atoms with E-state index in [-0.39, 0.29) is 0 Å². The molecular weight excluding hydrogens is 210 g/mol. The lowest BCUT2D eigenvalue weighted by Crippen LogP contribution is -2.03. The molecule has 80 valence electrons. The Morgan fingerprint density at radius 3 is 2.80 bits per heavy atom. The zero-order chi connectivity index (χ0) is 11.0. The molecule has 1 saturated carbocycles. The zero-order valence-corrected chi connectivity index (χ0v) is 9.52. The van der Waals surface area contributed by atoms with E-state index in [1.165, 1.54) is 17.8 Å². The van der Waals surface area contributed by atoms with E-state index < -0.39 is 0 Å². The third-order valence-corrected chi connectivity index (χ3v) is 3.65. The summed E-state index contributed by atoms with van der Waals surface area (Å²) in [5.74, 6) is 1.30. The first-order chi connectivity index (χ1) is 7.17. The van der Waals surface area contributed by atoms with Gasteiger partial charge in [-0.2, -0.15) is 5.26 Å². The minimum absolute atomic E-state index is 0.445. The third kappa shape index (κ3) is 1.73. The van der Waals surface area contributed by atoms with Crippen molar-refractivity contribution in [1.82, 2.24) is 0 Å². The van der Waals surface area contributed by atoms with Crippen LogP contribution in [0.4, 0.5) is 10.7 Å². The van der Waals surface area contributed by atoms with Gasteiger partial charge < -0.3 is 15.8 Å². The Balaban J connectivity index is 2.26. The maximum absolute atomic E-state index is 8.85. The smallest absolute Gasteiger partial charge is 0.177 e. The van der Waals surface area contributed by atoms with Crippen LogP contribution in [0.15, 0.2) is 0 Å². The molecule has 3 N–H and O–H groups in total. The molecule has 1 aliphatic rings. The fraction of sp³-hybridized carbons (Fsp3) is 0.500. The van der Waals surface area contributed by atoms with Crippen LogP contribution in [0.5, 0.6) is 5.75 Å². The van der Waals surface area contributed by atoms with Gasteiger partial charge in [-0.3, -0.25) is 0 Å². The van der Waals surface area contributed by atoms with Crippen LogP contribution in [0.25, 0.3) is 0 Å². The number of rotatable bonds is 3. The highest BCUT2D eigenvalue weighted by molar-refractivity contribution is 7.17.